The molecule has 4 rings (SSSR count). The number of benzene rings is 2. The van der Waals surface area contributed by atoms with E-state index >= 15 is 0 Å². The molecule has 8 heteroatoms. The Morgan fingerprint density at radius 2 is 1.58 bits per heavy atom. The molecule has 2 aromatic carbocycles. The number of rotatable bonds is 6. The molecule has 1 saturated heterocycles. The van der Waals surface area contributed by atoms with Gasteiger partial charge in [0, 0.05) is 32.0 Å². The summed E-state index contributed by atoms with van der Waals surface area (Å²) in [6.45, 7) is 3.45. The Kier molecular flexibility index (Phi) is 6.12. The quantitative estimate of drug-likeness (QED) is 0.621. The Labute approximate surface area is 192 Å². The molecule has 0 unspecified atom stereocenters. The van der Waals surface area contributed by atoms with E-state index in [1.165, 1.54) is 13.8 Å². The van der Waals surface area contributed by atoms with Crippen LogP contribution in [0.25, 0.3) is 11.1 Å². The maximum atomic E-state index is 13.1. The molecular formula is C25H28N2O6. The highest BCUT2D eigenvalue weighted by atomic mass is 16.5. The van der Waals surface area contributed by atoms with Crippen molar-refractivity contribution in [3.05, 3.63) is 59.7 Å². The molecule has 1 heterocycles. The predicted molar refractivity (Wildman–Crippen MR) is 121 cm³/mol. The molecule has 0 radical (unpaired) electrons. The molecular weight excluding hydrogens is 424 g/mol. The van der Waals surface area contributed by atoms with Gasteiger partial charge in [-0.3, -0.25) is 4.79 Å². The standard InChI is InChI=1S/C25H28N2O6/c1-24(2,22(29)30)26-21(28)25(11-13-32-14-12-25)27-23(31)33-15-20-18-9-5-3-7-16(18)17-8-4-6-10-19(17)20/h3-10,20H,11-15H2,1-2H3,(H,26,28)(H,27,31)(H,29,30). The van der Waals surface area contributed by atoms with Crippen LogP contribution in [0.2, 0.25) is 0 Å². The summed E-state index contributed by atoms with van der Waals surface area (Å²) in [6, 6.07) is 16.1. The SMILES string of the molecule is CC(C)(NC(=O)C1(NC(=O)OCC2c3ccccc3-c3ccccc32)CCOCC1)C(=O)O. The lowest BCUT2D eigenvalue weighted by molar-refractivity contribution is -0.148. The molecule has 0 bridgehead atoms. The summed E-state index contributed by atoms with van der Waals surface area (Å²) < 4.78 is 11.0. The van der Waals surface area contributed by atoms with E-state index < -0.39 is 29.0 Å². The highest BCUT2D eigenvalue weighted by molar-refractivity contribution is 5.94. The van der Waals surface area contributed by atoms with E-state index in [-0.39, 0.29) is 38.6 Å². The van der Waals surface area contributed by atoms with Crippen molar-refractivity contribution in [1.29, 1.82) is 0 Å². The molecule has 2 aromatic rings. The number of carbonyl (C=O) groups is 3. The first-order valence-electron chi connectivity index (χ1n) is 11.0. The van der Waals surface area contributed by atoms with Gasteiger partial charge in [-0.1, -0.05) is 48.5 Å². The molecule has 174 valence electrons. The summed E-state index contributed by atoms with van der Waals surface area (Å²) in [5.74, 6) is -1.83. The minimum atomic E-state index is -1.48. The van der Waals surface area contributed by atoms with Gasteiger partial charge in [-0.2, -0.15) is 0 Å². The largest absolute Gasteiger partial charge is 0.480 e. The molecule has 1 aliphatic carbocycles. The Morgan fingerprint density at radius 1 is 1.03 bits per heavy atom. The Bertz CT molecular complexity index is 1030. The number of hydrogen-bond acceptors (Lipinski definition) is 5. The number of carboxylic acids is 1. The maximum Gasteiger partial charge on any atom is 0.408 e. The van der Waals surface area contributed by atoms with Gasteiger partial charge in [0.15, 0.2) is 0 Å². The summed E-state index contributed by atoms with van der Waals surface area (Å²) in [5, 5.41) is 14.6. The number of hydrogen-bond donors (Lipinski definition) is 3. The zero-order valence-electron chi connectivity index (χ0n) is 18.7. The van der Waals surface area contributed by atoms with Crippen molar-refractivity contribution >= 4 is 18.0 Å². The fourth-order valence-electron chi connectivity index (χ4n) is 4.42. The molecule has 1 aliphatic heterocycles. The number of alkyl carbamates (subject to hydrolysis) is 1. The first-order chi connectivity index (χ1) is 15.7. The van der Waals surface area contributed by atoms with Crippen LogP contribution in [0.5, 0.6) is 0 Å². The summed E-state index contributed by atoms with van der Waals surface area (Å²) in [4.78, 5) is 37.4. The van der Waals surface area contributed by atoms with E-state index in [4.69, 9.17) is 9.47 Å². The van der Waals surface area contributed by atoms with Gasteiger partial charge in [0.05, 0.1) is 0 Å². The van der Waals surface area contributed by atoms with Crippen molar-refractivity contribution in [1.82, 2.24) is 10.6 Å². The van der Waals surface area contributed by atoms with Crippen LogP contribution in [0.4, 0.5) is 4.79 Å². The van der Waals surface area contributed by atoms with Crippen molar-refractivity contribution < 1.29 is 29.0 Å². The highest BCUT2D eigenvalue weighted by Gasteiger charge is 2.45. The zero-order chi connectivity index (χ0) is 23.6. The fraction of sp³-hybridized carbons (Fsp3) is 0.400. The van der Waals surface area contributed by atoms with Crippen molar-refractivity contribution in [3.8, 4) is 11.1 Å². The number of amides is 2. The summed E-state index contributed by atoms with van der Waals surface area (Å²) in [6.07, 6.45) is -0.278. The Hall–Kier alpha value is -3.39. The van der Waals surface area contributed by atoms with Gasteiger partial charge in [0.2, 0.25) is 5.91 Å². The molecule has 2 aliphatic rings. The minimum absolute atomic E-state index is 0.103. The molecule has 0 saturated carbocycles. The van der Waals surface area contributed by atoms with E-state index in [0.29, 0.717) is 0 Å². The van der Waals surface area contributed by atoms with E-state index in [1.807, 2.05) is 36.4 Å². The van der Waals surface area contributed by atoms with Gasteiger partial charge in [0.1, 0.15) is 17.7 Å². The number of carboxylic acid groups (broad SMARTS) is 1. The molecule has 8 nitrogen and oxygen atoms in total. The van der Waals surface area contributed by atoms with Crippen LogP contribution < -0.4 is 10.6 Å². The van der Waals surface area contributed by atoms with Gasteiger partial charge in [-0.15, -0.1) is 0 Å². The Morgan fingerprint density at radius 3 is 2.12 bits per heavy atom. The number of ether oxygens (including phenoxy) is 2. The molecule has 0 spiro atoms. The highest BCUT2D eigenvalue weighted by Crippen LogP contribution is 2.44. The molecule has 1 fully saturated rings. The fourth-order valence-corrected chi connectivity index (χ4v) is 4.42. The average molecular weight is 453 g/mol. The summed E-state index contributed by atoms with van der Waals surface area (Å²) in [5.41, 5.74) is 1.65. The van der Waals surface area contributed by atoms with Crippen LogP contribution in [0.3, 0.4) is 0 Å². The average Bonchev–Trinajstić information content (AvgIpc) is 3.12. The van der Waals surface area contributed by atoms with Crippen LogP contribution in [-0.2, 0) is 19.1 Å². The molecule has 33 heavy (non-hydrogen) atoms. The lowest BCUT2D eigenvalue weighted by Gasteiger charge is -2.38. The van der Waals surface area contributed by atoms with E-state index in [1.54, 1.807) is 0 Å². The molecule has 0 atom stereocenters. The number of carbonyl (C=O) groups excluding carboxylic acids is 2. The van der Waals surface area contributed by atoms with Gasteiger partial charge in [-0.05, 0) is 36.1 Å². The van der Waals surface area contributed by atoms with E-state index in [2.05, 4.69) is 22.8 Å². The van der Waals surface area contributed by atoms with Gasteiger partial charge >= 0.3 is 12.1 Å². The maximum absolute atomic E-state index is 13.1. The van der Waals surface area contributed by atoms with Crippen LogP contribution >= 0.6 is 0 Å². The third-order valence-corrected chi connectivity index (χ3v) is 6.43. The second kappa shape index (κ2) is 8.86. The minimum Gasteiger partial charge on any atom is -0.480 e. The van der Waals surface area contributed by atoms with Crippen LogP contribution in [0.15, 0.2) is 48.5 Å². The van der Waals surface area contributed by atoms with Crippen LogP contribution in [-0.4, -0.2) is 54.0 Å². The smallest absolute Gasteiger partial charge is 0.408 e. The first kappa shape index (κ1) is 22.8. The number of fused-ring (bicyclic) bond motifs is 3. The van der Waals surface area contributed by atoms with Gasteiger partial charge < -0.3 is 25.2 Å². The van der Waals surface area contributed by atoms with Crippen molar-refractivity contribution in [2.24, 2.45) is 0 Å². The van der Waals surface area contributed by atoms with Gasteiger partial charge in [-0.25, -0.2) is 9.59 Å². The predicted octanol–water partition coefficient (Wildman–Crippen LogP) is 3.05. The second-order valence-corrected chi connectivity index (χ2v) is 9.03. The van der Waals surface area contributed by atoms with Crippen LogP contribution in [0, 0.1) is 0 Å². The third kappa shape index (κ3) is 4.43. The zero-order valence-corrected chi connectivity index (χ0v) is 18.7. The topological polar surface area (TPSA) is 114 Å². The second-order valence-electron chi connectivity index (χ2n) is 9.03. The molecule has 0 aromatic heterocycles. The van der Waals surface area contributed by atoms with Crippen molar-refractivity contribution in [2.75, 3.05) is 19.8 Å². The van der Waals surface area contributed by atoms with E-state index in [0.717, 1.165) is 22.3 Å². The normalized spacial score (nSPS) is 16.9. The monoisotopic (exact) mass is 452 g/mol. The molecule has 3 N–H and O–H groups in total. The lowest BCUT2D eigenvalue weighted by Crippen LogP contribution is -2.65. The number of aliphatic carboxylic acids is 1. The first-order valence-corrected chi connectivity index (χ1v) is 11.0. The van der Waals surface area contributed by atoms with Gasteiger partial charge in [0.25, 0.3) is 0 Å². The summed E-state index contributed by atoms with van der Waals surface area (Å²) in [7, 11) is 0. The van der Waals surface area contributed by atoms with Crippen molar-refractivity contribution in [3.63, 3.8) is 0 Å². The third-order valence-electron chi connectivity index (χ3n) is 6.43. The lowest BCUT2D eigenvalue weighted by atomic mass is 9.88. The summed E-state index contributed by atoms with van der Waals surface area (Å²) >= 11 is 0. The van der Waals surface area contributed by atoms with Crippen LogP contribution in [0.1, 0.15) is 43.7 Å². The number of nitrogens with one attached hydrogen (secondary N) is 2. The van der Waals surface area contributed by atoms with E-state index in [9.17, 15) is 19.5 Å². The molecule has 2 amide bonds. The Balaban J connectivity index is 1.48. The van der Waals surface area contributed by atoms with Crippen molar-refractivity contribution in [2.45, 2.75) is 43.7 Å².